The minimum absolute atomic E-state index is 0.0529. The Hall–Kier alpha value is -5.16. The van der Waals surface area contributed by atoms with Gasteiger partial charge < -0.3 is 21.7 Å². The lowest BCUT2D eigenvalue weighted by molar-refractivity contribution is -0.139. The number of nitrogens with two attached hydrogens (primary N) is 1. The second-order valence-corrected chi connectivity index (χ2v) is 11.7. The van der Waals surface area contributed by atoms with Crippen molar-refractivity contribution in [2.24, 2.45) is 10.7 Å². The van der Waals surface area contributed by atoms with Crippen LogP contribution < -0.4 is 21.7 Å². The van der Waals surface area contributed by atoms with Gasteiger partial charge in [-0.1, -0.05) is 73.9 Å². The van der Waals surface area contributed by atoms with Crippen molar-refractivity contribution in [1.82, 2.24) is 16.0 Å². The molecule has 5 N–H and O–H groups in total. The zero-order valence-electron chi connectivity index (χ0n) is 27.3. The van der Waals surface area contributed by atoms with E-state index >= 15 is 4.39 Å². The van der Waals surface area contributed by atoms with E-state index < -0.39 is 17.4 Å². The van der Waals surface area contributed by atoms with Crippen molar-refractivity contribution in [3.05, 3.63) is 119 Å². The van der Waals surface area contributed by atoms with Gasteiger partial charge in [-0.15, -0.1) is 0 Å². The van der Waals surface area contributed by atoms with E-state index in [4.69, 9.17) is 5.73 Å². The number of benzene rings is 2. The van der Waals surface area contributed by atoms with Gasteiger partial charge in [-0.05, 0) is 91.5 Å². The van der Waals surface area contributed by atoms with Crippen LogP contribution in [0, 0.1) is 17.7 Å². The number of carbonyl (C=O) groups is 2. The predicted octanol–water partition coefficient (Wildman–Crippen LogP) is 6.20. The van der Waals surface area contributed by atoms with E-state index in [1.54, 1.807) is 24.4 Å². The van der Waals surface area contributed by atoms with E-state index in [0.717, 1.165) is 66.5 Å². The highest BCUT2D eigenvalue weighted by Gasteiger charge is 2.46. The van der Waals surface area contributed by atoms with Crippen molar-refractivity contribution in [2.45, 2.75) is 64.5 Å². The Kier molecular flexibility index (Phi) is 12.5. The Morgan fingerprint density at radius 2 is 1.87 bits per heavy atom. The maximum atomic E-state index is 15.0. The van der Waals surface area contributed by atoms with Gasteiger partial charge in [0.25, 0.3) is 0 Å². The maximum Gasteiger partial charge on any atom is 0.310 e. The highest BCUT2D eigenvalue weighted by Crippen LogP contribution is 2.49. The molecule has 0 radical (unpaired) electrons. The van der Waals surface area contributed by atoms with Crippen LogP contribution in [0.3, 0.4) is 0 Å². The van der Waals surface area contributed by atoms with E-state index in [2.05, 4.69) is 39.4 Å². The molecule has 0 aromatic heterocycles. The van der Waals surface area contributed by atoms with Crippen LogP contribution in [0.2, 0.25) is 0 Å². The van der Waals surface area contributed by atoms with Crippen LogP contribution in [0.1, 0.15) is 74.6 Å². The summed E-state index contributed by atoms with van der Waals surface area (Å²) < 4.78 is 15.0. The molecule has 2 saturated carbocycles. The summed E-state index contributed by atoms with van der Waals surface area (Å²) in [5.41, 5.74) is 12.7. The number of allylic oxidation sites excluding steroid dienone is 7. The summed E-state index contributed by atoms with van der Waals surface area (Å²) in [5, 5.41) is 9.13. The third-order valence-corrected chi connectivity index (χ3v) is 8.12. The molecule has 0 heterocycles. The van der Waals surface area contributed by atoms with Crippen LogP contribution in [0.5, 0.6) is 0 Å². The van der Waals surface area contributed by atoms with Gasteiger partial charge in [-0.3, -0.25) is 14.6 Å². The number of carbonyl (C=O) groups excluding carboxylic acids is 2. The highest BCUT2D eigenvalue weighted by molar-refractivity contribution is 6.35. The molecule has 0 unspecified atom stereocenters. The Morgan fingerprint density at radius 3 is 2.55 bits per heavy atom. The SMILES string of the molecule is C=C/C=C\C=C(/C)C#CCNC(=O)C(=O)NCc1ccccc1C(NC1(c2cc(F)cc(/C(C=NCCC)=C/N)c2)CC1)=C1CCC1. The van der Waals surface area contributed by atoms with Crippen molar-refractivity contribution in [3.63, 3.8) is 0 Å². The monoisotopic (exact) mass is 633 g/mol. The van der Waals surface area contributed by atoms with Crippen LogP contribution in [0.25, 0.3) is 11.3 Å². The Morgan fingerprint density at radius 1 is 1.11 bits per heavy atom. The molecule has 2 aromatic rings. The number of hydrogen-bond donors (Lipinski definition) is 4. The number of halogens is 1. The minimum atomic E-state index is -0.745. The normalized spacial score (nSPS) is 15.4. The summed E-state index contributed by atoms with van der Waals surface area (Å²) in [7, 11) is 0. The van der Waals surface area contributed by atoms with Crippen LogP contribution in [0.15, 0.2) is 95.7 Å². The number of rotatable bonds is 13. The van der Waals surface area contributed by atoms with Gasteiger partial charge >= 0.3 is 11.8 Å². The fourth-order valence-electron chi connectivity index (χ4n) is 5.22. The molecular weight excluding hydrogens is 589 g/mol. The lowest BCUT2D eigenvalue weighted by atomic mass is 9.86. The molecule has 8 heteroatoms. The lowest BCUT2D eigenvalue weighted by Crippen LogP contribution is -2.40. The zero-order valence-corrected chi connectivity index (χ0v) is 27.3. The first-order valence-corrected chi connectivity index (χ1v) is 16.1. The van der Waals surface area contributed by atoms with E-state index in [0.29, 0.717) is 17.7 Å². The van der Waals surface area contributed by atoms with Crippen LogP contribution in [-0.2, 0) is 21.7 Å². The van der Waals surface area contributed by atoms with Gasteiger partial charge in [0.05, 0.1) is 12.1 Å². The Bertz CT molecular complexity index is 1690. The molecule has 2 fully saturated rings. The van der Waals surface area contributed by atoms with Crippen molar-refractivity contribution >= 4 is 29.3 Å². The topological polar surface area (TPSA) is 109 Å². The molecule has 0 atom stereocenters. The maximum absolute atomic E-state index is 15.0. The fourth-order valence-corrected chi connectivity index (χ4v) is 5.22. The van der Waals surface area contributed by atoms with Gasteiger partial charge in [-0.25, -0.2) is 4.39 Å². The number of amides is 2. The van der Waals surface area contributed by atoms with Crippen LogP contribution >= 0.6 is 0 Å². The molecular formula is C39H44FN5O2. The minimum Gasteiger partial charge on any atom is -0.404 e. The molecule has 2 amide bonds. The van der Waals surface area contributed by atoms with E-state index in [-0.39, 0.29) is 18.9 Å². The molecule has 244 valence electrons. The first-order chi connectivity index (χ1) is 22.8. The fraction of sp³-hybridized carbons (Fsp3) is 0.308. The third-order valence-electron chi connectivity index (χ3n) is 8.12. The lowest BCUT2D eigenvalue weighted by Gasteiger charge is -2.30. The number of nitrogens with zero attached hydrogens (tertiary/aromatic N) is 1. The number of nitrogens with one attached hydrogen (secondary N) is 3. The van der Waals surface area contributed by atoms with Crippen molar-refractivity contribution in [1.29, 1.82) is 0 Å². The smallest absolute Gasteiger partial charge is 0.310 e. The van der Waals surface area contributed by atoms with Gasteiger partial charge in [0, 0.05) is 42.3 Å². The molecule has 4 rings (SSSR count). The molecule has 0 saturated heterocycles. The first kappa shape index (κ1) is 34.7. The van der Waals surface area contributed by atoms with Crippen LogP contribution in [0.4, 0.5) is 4.39 Å². The highest BCUT2D eigenvalue weighted by atomic mass is 19.1. The number of hydrogen-bond acceptors (Lipinski definition) is 5. The largest absolute Gasteiger partial charge is 0.404 e. The standard InChI is InChI=1S/C39H44FN5O2/c1-4-6-7-12-28(3)13-11-21-43-37(46)38(47)44-27-30-14-8-9-17-35(30)36(29-15-10-16-29)45-39(18-19-39)33-22-31(23-34(40)24-33)32(25-41)26-42-20-5-2/h4,6-9,12,14,17,22-26,45H,1,5,10,15-16,18-21,27,41H2,2-3H3,(H,43,46)(H,44,47)/b7-6-,28-12+,32-25+,42-26?. The second-order valence-electron chi connectivity index (χ2n) is 11.7. The summed E-state index contributed by atoms with van der Waals surface area (Å²) in [6.45, 7) is 8.42. The van der Waals surface area contributed by atoms with Crippen molar-refractivity contribution in [2.75, 3.05) is 13.1 Å². The van der Waals surface area contributed by atoms with Crippen molar-refractivity contribution in [3.8, 4) is 11.8 Å². The van der Waals surface area contributed by atoms with Crippen molar-refractivity contribution < 1.29 is 14.0 Å². The molecule has 2 aliphatic rings. The molecule has 2 aliphatic carbocycles. The summed E-state index contributed by atoms with van der Waals surface area (Å²) in [5.74, 6) is 3.97. The van der Waals surface area contributed by atoms with Gasteiger partial charge in [0.1, 0.15) is 5.82 Å². The molecule has 2 aromatic carbocycles. The van der Waals surface area contributed by atoms with E-state index in [1.807, 2.05) is 56.3 Å². The van der Waals surface area contributed by atoms with E-state index in [1.165, 1.54) is 17.8 Å². The third kappa shape index (κ3) is 9.67. The summed E-state index contributed by atoms with van der Waals surface area (Å²) in [6.07, 6.45) is 15.9. The average Bonchev–Trinajstić information content (AvgIpc) is 3.83. The Balaban J connectivity index is 1.48. The van der Waals surface area contributed by atoms with E-state index in [9.17, 15) is 9.59 Å². The Labute approximate surface area is 277 Å². The first-order valence-electron chi connectivity index (χ1n) is 16.1. The van der Waals surface area contributed by atoms with Gasteiger partial charge in [0.15, 0.2) is 0 Å². The average molecular weight is 634 g/mol. The molecule has 0 spiro atoms. The quantitative estimate of drug-likeness (QED) is 0.0911. The zero-order chi connectivity index (χ0) is 33.6. The number of aliphatic imine (C=N–C) groups is 1. The second kappa shape index (κ2) is 17.0. The summed E-state index contributed by atoms with van der Waals surface area (Å²) in [4.78, 5) is 29.5. The van der Waals surface area contributed by atoms with Gasteiger partial charge in [0.2, 0.25) is 0 Å². The predicted molar refractivity (Wildman–Crippen MR) is 189 cm³/mol. The molecule has 0 aliphatic heterocycles. The molecule has 0 bridgehead atoms. The summed E-state index contributed by atoms with van der Waals surface area (Å²) in [6, 6.07) is 12.9. The van der Waals surface area contributed by atoms with Crippen LogP contribution in [-0.4, -0.2) is 31.1 Å². The molecule has 7 nitrogen and oxygen atoms in total. The molecule has 47 heavy (non-hydrogen) atoms. The van der Waals surface area contributed by atoms with Gasteiger partial charge in [-0.2, -0.15) is 0 Å². The summed E-state index contributed by atoms with van der Waals surface area (Å²) >= 11 is 0.